The van der Waals surface area contributed by atoms with Crippen LogP contribution in [0.15, 0.2) is 33.7 Å². The molecular weight excluding hydrogens is 282 g/mol. The molecule has 5 heteroatoms. The molecule has 21 heavy (non-hydrogen) atoms. The van der Waals surface area contributed by atoms with Crippen molar-refractivity contribution < 1.29 is 4.52 Å². The number of aryl methyl sites for hydroxylation is 1. The average Bonchev–Trinajstić information content (AvgIpc) is 3.24. The number of rotatable bonds is 8. The summed E-state index contributed by atoms with van der Waals surface area (Å²) in [5.41, 5.74) is 1.34. The maximum absolute atomic E-state index is 5.24. The van der Waals surface area contributed by atoms with Gasteiger partial charge in [-0.1, -0.05) is 24.2 Å². The molecule has 4 nitrogen and oxygen atoms in total. The number of hydrogen-bond donors (Lipinski definition) is 1. The van der Waals surface area contributed by atoms with E-state index < -0.39 is 0 Å². The minimum Gasteiger partial charge on any atom is -0.338 e. The van der Waals surface area contributed by atoms with Gasteiger partial charge in [0.15, 0.2) is 5.82 Å². The van der Waals surface area contributed by atoms with Crippen LogP contribution in [-0.4, -0.2) is 16.2 Å². The summed E-state index contributed by atoms with van der Waals surface area (Å²) in [7, 11) is 0. The second-order valence-corrected chi connectivity index (χ2v) is 6.49. The Labute approximate surface area is 129 Å². The Morgan fingerprint density at radius 3 is 2.81 bits per heavy atom. The highest BCUT2D eigenvalue weighted by Crippen LogP contribution is 2.23. The van der Waals surface area contributed by atoms with Crippen LogP contribution in [0, 0.1) is 0 Å². The summed E-state index contributed by atoms with van der Waals surface area (Å²) in [6.45, 7) is 3.09. The Morgan fingerprint density at radius 1 is 1.29 bits per heavy atom. The molecule has 1 aromatic carbocycles. The molecule has 112 valence electrons. The molecule has 1 aliphatic rings. The summed E-state index contributed by atoms with van der Waals surface area (Å²) >= 11 is 1.73. The van der Waals surface area contributed by atoms with E-state index in [1.807, 2.05) is 0 Å². The number of hydrogen-bond acceptors (Lipinski definition) is 5. The molecule has 0 radical (unpaired) electrons. The highest BCUT2D eigenvalue weighted by molar-refractivity contribution is 7.98. The van der Waals surface area contributed by atoms with Gasteiger partial charge in [-0.2, -0.15) is 4.98 Å². The normalized spacial score (nSPS) is 14.5. The first-order chi connectivity index (χ1) is 10.3. The summed E-state index contributed by atoms with van der Waals surface area (Å²) in [5.74, 6) is 2.26. The quantitative estimate of drug-likeness (QED) is 0.756. The lowest BCUT2D eigenvalue weighted by atomic mass is 10.2. The third-order valence-corrected chi connectivity index (χ3v) is 4.44. The molecule has 1 aliphatic carbocycles. The second-order valence-electron chi connectivity index (χ2n) is 5.44. The number of benzene rings is 1. The maximum atomic E-state index is 5.24. The van der Waals surface area contributed by atoms with Gasteiger partial charge in [-0.05, 0) is 37.0 Å². The molecule has 3 rings (SSSR count). The third-order valence-electron chi connectivity index (χ3n) is 3.44. The van der Waals surface area contributed by atoms with Crippen LogP contribution in [-0.2, 0) is 18.7 Å². The summed E-state index contributed by atoms with van der Waals surface area (Å²) in [5, 5.41) is 7.50. The van der Waals surface area contributed by atoms with Crippen molar-refractivity contribution in [3.05, 3.63) is 41.5 Å². The lowest BCUT2D eigenvalue weighted by Crippen LogP contribution is -2.14. The molecule has 0 saturated heterocycles. The van der Waals surface area contributed by atoms with Crippen LogP contribution in [0.2, 0.25) is 0 Å². The fraction of sp³-hybridized carbons (Fsp3) is 0.500. The van der Waals surface area contributed by atoms with Crippen LogP contribution < -0.4 is 5.32 Å². The molecule has 0 bridgehead atoms. The first-order valence-electron chi connectivity index (χ1n) is 7.60. The Balaban J connectivity index is 1.47. The van der Waals surface area contributed by atoms with Gasteiger partial charge in [-0.15, -0.1) is 11.8 Å². The average molecular weight is 303 g/mol. The first-order valence-corrected chi connectivity index (χ1v) is 8.58. The molecule has 0 amide bonds. The maximum Gasteiger partial charge on any atom is 0.237 e. The Morgan fingerprint density at radius 2 is 2.10 bits per heavy atom. The Hall–Kier alpha value is -1.33. The largest absolute Gasteiger partial charge is 0.338 e. The van der Waals surface area contributed by atoms with Gasteiger partial charge in [0.2, 0.25) is 5.89 Å². The van der Waals surface area contributed by atoms with Gasteiger partial charge in [0.05, 0.1) is 5.75 Å². The SMILES string of the molecule is CCCc1noc(CSc2ccc(CNC3CC3)cc2)n1. The molecule has 0 aliphatic heterocycles. The van der Waals surface area contributed by atoms with E-state index in [0.29, 0.717) is 5.89 Å². The molecule has 1 heterocycles. The summed E-state index contributed by atoms with van der Waals surface area (Å²) in [6.07, 6.45) is 4.59. The third kappa shape index (κ3) is 4.58. The van der Waals surface area contributed by atoms with Gasteiger partial charge in [0.1, 0.15) is 0 Å². The molecule has 0 spiro atoms. The first kappa shape index (κ1) is 14.6. The monoisotopic (exact) mass is 303 g/mol. The standard InChI is InChI=1S/C16H21N3OS/c1-2-3-15-18-16(20-19-15)11-21-14-8-4-12(5-9-14)10-17-13-6-7-13/h4-5,8-9,13,17H,2-3,6-7,10-11H2,1H3. The van der Waals surface area contributed by atoms with E-state index in [0.717, 1.165) is 37.0 Å². The van der Waals surface area contributed by atoms with Crippen molar-refractivity contribution in [2.75, 3.05) is 0 Å². The van der Waals surface area contributed by atoms with E-state index in [9.17, 15) is 0 Å². The zero-order chi connectivity index (χ0) is 14.5. The fourth-order valence-electron chi connectivity index (χ4n) is 2.07. The van der Waals surface area contributed by atoms with Crippen molar-refractivity contribution in [2.45, 2.75) is 55.8 Å². The van der Waals surface area contributed by atoms with E-state index in [-0.39, 0.29) is 0 Å². The molecule has 0 atom stereocenters. The molecule has 0 unspecified atom stereocenters. The number of aromatic nitrogens is 2. The molecular formula is C16H21N3OS. The topological polar surface area (TPSA) is 51.0 Å². The van der Waals surface area contributed by atoms with Crippen LogP contribution >= 0.6 is 11.8 Å². The fourth-order valence-corrected chi connectivity index (χ4v) is 2.81. The smallest absolute Gasteiger partial charge is 0.237 e. The summed E-state index contributed by atoms with van der Waals surface area (Å²) < 4.78 is 5.24. The molecule has 2 aromatic rings. The highest BCUT2D eigenvalue weighted by atomic mass is 32.2. The second kappa shape index (κ2) is 7.09. The zero-order valence-electron chi connectivity index (χ0n) is 12.3. The Bertz CT molecular complexity index is 563. The number of nitrogens with one attached hydrogen (secondary N) is 1. The van der Waals surface area contributed by atoms with Crippen LogP contribution in [0.4, 0.5) is 0 Å². The van der Waals surface area contributed by atoms with E-state index in [4.69, 9.17) is 4.52 Å². The highest BCUT2D eigenvalue weighted by Gasteiger charge is 2.19. The Kier molecular flexibility index (Phi) is 4.93. The number of nitrogens with zero attached hydrogens (tertiary/aromatic N) is 2. The predicted molar refractivity (Wildman–Crippen MR) is 84.2 cm³/mol. The molecule has 1 N–H and O–H groups in total. The lowest BCUT2D eigenvalue weighted by molar-refractivity contribution is 0.384. The van der Waals surface area contributed by atoms with Crippen molar-refractivity contribution in [3.8, 4) is 0 Å². The van der Waals surface area contributed by atoms with E-state index in [2.05, 4.69) is 46.6 Å². The van der Waals surface area contributed by atoms with Gasteiger partial charge in [-0.3, -0.25) is 0 Å². The van der Waals surface area contributed by atoms with Gasteiger partial charge < -0.3 is 9.84 Å². The van der Waals surface area contributed by atoms with Crippen molar-refractivity contribution in [1.82, 2.24) is 15.5 Å². The molecule has 1 aromatic heterocycles. The van der Waals surface area contributed by atoms with E-state index in [1.165, 1.54) is 23.3 Å². The van der Waals surface area contributed by atoms with Crippen LogP contribution in [0.5, 0.6) is 0 Å². The van der Waals surface area contributed by atoms with Crippen molar-refractivity contribution in [3.63, 3.8) is 0 Å². The lowest BCUT2D eigenvalue weighted by Gasteiger charge is -2.04. The van der Waals surface area contributed by atoms with Crippen LogP contribution in [0.1, 0.15) is 43.5 Å². The van der Waals surface area contributed by atoms with Crippen LogP contribution in [0.25, 0.3) is 0 Å². The number of thioether (sulfide) groups is 1. The van der Waals surface area contributed by atoms with E-state index >= 15 is 0 Å². The molecule has 1 saturated carbocycles. The summed E-state index contributed by atoms with van der Waals surface area (Å²) in [6, 6.07) is 9.46. The van der Waals surface area contributed by atoms with Crippen molar-refractivity contribution in [2.24, 2.45) is 0 Å². The van der Waals surface area contributed by atoms with Gasteiger partial charge in [0.25, 0.3) is 0 Å². The van der Waals surface area contributed by atoms with Gasteiger partial charge in [0, 0.05) is 23.9 Å². The van der Waals surface area contributed by atoms with Crippen molar-refractivity contribution in [1.29, 1.82) is 0 Å². The molecule has 1 fully saturated rings. The van der Waals surface area contributed by atoms with Crippen LogP contribution in [0.3, 0.4) is 0 Å². The predicted octanol–water partition coefficient (Wildman–Crippen LogP) is 3.57. The van der Waals surface area contributed by atoms with Crippen molar-refractivity contribution >= 4 is 11.8 Å². The van der Waals surface area contributed by atoms with Gasteiger partial charge >= 0.3 is 0 Å². The minimum absolute atomic E-state index is 0.711. The zero-order valence-corrected chi connectivity index (χ0v) is 13.2. The minimum atomic E-state index is 0.711. The van der Waals surface area contributed by atoms with Gasteiger partial charge in [-0.25, -0.2) is 0 Å². The van der Waals surface area contributed by atoms with E-state index in [1.54, 1.807) is 11.8 Å². The summed E-state index contributed by atoms with van der Waals surface area (Å²) in [4.78, 5) is 5.62.